The summed E-state index contributed by atoms with van der Waals surface area (Å²) in [6.45, 7) is 4.91. The molecule has 2 aliphatic heterocycles. The van der Waals surface area contributed by atoms with Crippen molar-refractivity contribution in [2.45, 2.75) is 35.3 Å². The van der Waals surface area contributed by atoms with E-state index < -0.39 is 63.8 Å². The van der Waals surface area contributed by atoms with Crippen molar-refractivity contribution in [2.24, 2.45) is 5.16 Å². The molecule has 1 fully saturated rings. The Bertz CT molecular complexity index is 1680. The molecule has 4 heterocycles. The third-order valence-corrected chi connectivity index (χ3v) is 10.8. The van der Waals surface area contributed by atoms with Crippen LogP contribution in [-0.2, 0) is 35.2 Å². The lowest BCUT2D eigenvalue weighted by Gasteiger charge is -2.49. The standard InChI is InChI=1S/C24H20ClF3N6O8S4/c1-3-4-42-33-13(12-16(25)46-22(31-12)32-21(41)24(26,27)28)17(37)30-14-18(38)34-15(20(39)40)9(6-43-19(14)34)7-44-23-29-8(2)10(45-23)5-11(35)36/h3,14,19H,1,4-7H2,2H3,(H,30,37)(H,35,36)(H,39,40)(H,31,32,41)/t14?,19-/m0/s1. The number of oxime groups is 1. The van der Waals surface area contributed by atoms with Gasteiger partial charge in [0.1, 0.15) is 33.7 Å². The highest BCUT2D eigenvalue weighted by atomic mass is 35.5. The highest BCUT2D eigenvalue weighted by Crippen LogP contribution is 2.42. The number of carbonyl (C=O) groups excluding carboxylic acids is 3. The molecule has 2 aromatic heterocycles. The number of hydrogen-bond donors (Lipinski definition) is 4. The van der Waals surface area contributed by atoms with Gasteiger partial charge in [-0.3, -0.25) is 29.4 Å². The Labute approximate surface area is 278 Å². The first-order valence-electron chi connectivity index (χ1n) is 12.5. The van der Waals surface area contributed by atoms with Gasteiger partial charge in [0, 0.05) is 16.4 Å². The second-order valence-electron chi connectivity index (χ2n) is 9.08. The van der Waals surface area contributed by atoms with Crippen LogP contribution in [0.5, 0.6) is 0 Å². The van der Waals surface area contributed by atoms with E-state index in [1.807, 2.05) is 0 Å². The van der Waals surface area contributed by atoms with E-state index in [0.29, 0.717) is 31.8 Å². The molecule has 0 radical (unpaired) electrons. The molecule has 22 heteroatoms. The number of aromatic nitrogens is 2. The van der Waals surface area contributed by atoms with E-state index in [9.17, 15) is 42.3 Å². The minimum atomic E-state index is -5.22. The Morgan fingerprint density at radius 3 is 2.61 bits per heavy atom. The minimum Gasteiger partial charge on any atom is -0.481 e. The predicted octanol–water partition coefficient (Wildman–Crippen LogP) is 3.13. The fourth-order valence-electron chi connectivity index (χ4n) is 3.93. The van der Waals surface area contributed by atoms with Crippen molar-refractivity contribution in [1.29, 1.82) is 0 Å². The molecule has 1 saturated heterocycles. The summed E-state index contributed by atoms with van der Waals surface area (Å²) in [7, 11) is 0. The van der Waals surface area contributed by atoms with Gasteiger partial charge in [-0.1, -0.05) is 52.5 Å². The number of nitrogens with one attached hydrogen (secondary N) is 2. The number of thioether (sulfide) groups is 2. The Kier molecular flexibility index (Phi) is 11.0. The fraction of sp³-hybridized carbons (Fsp3) is 0.333. The summed E-state index contributed by atoms with van der Waals surface area (Å²) in [6, 6.07) is -1.23. The van der Waals surface area contributed by atoms with E-state index >= 15 is 0 Å². The molecule has 4 rings (SSSR count). The number of aryl methyl sites for hydroxylation is 1. The number of thiazole rings is 2. The van der Waals surface area contributed by atoms with Crippen LogP contribution in [0.15, 0.2) is 33.4 Å². The van der Waals surface area contributed by atoms with Crippen LogP contribution in [0.4, 0.5) is 18.3 Å². The zero-order valence-corrected chi connectivity index (χ0v) is 27.1. The molecule has 1 unspecified atom stereocenters. The molecule has 14 nitrogen and oxygen atoms in total. The maximum Gasteiger partial charge on any atom is 0.471 e. The van der Waals surface area contributed by atoms with Crippen LogP contribution in [0.2, 0.25) is 4.34 Å². The zero-order valence-electron chi connectivity index (χ0n) is 23.0. The van der Waals surface area contributed by atoms with Gasteiger partial charge in [0.05, 0.1) is 12.1 Å². The number of halogens is 4. The van der Waals surface area contributed by atoms with Crippen LogP contribution in [0, 0.1) is 6.92 Å². The lowest BCUT2D eigenvalue weighted by atomic mass is 10.0. The monoisotopic (exact) mass is 740 g/mol. The molecule has 4 N–H and O–H groups in total. The van der Waals surface area contributed by atoms with Crippen molar-refractivity contribution in [3.63, 3.8) is 0 Å². The number of hydrogen-bond acceptors (Lipinski definition) is 13. The van der Waals surface area contributed by atoms with Crippen LogP contribution >= 0.6 is 57.8 Å². The quantitative estimate of drug-likeness (QED) is 0.0585. The zero-order chi connectivity index (χ0) is 33.9. The third-order valence-electron chi connectivity index (χ3n) is 5.94. The SMILES string of the molecule is C=CCON=C(C(=O)NC1C(=O)N2C(C(=O)O)=C(CSc3nc(C)c(CC(=O)O)s3)CS[C@@H]12)c1nc(NC(=O)C(F)(F)F)sc1Cl. The lowest BCUT2D eigenvalue weighted by molar-refractivity contribution is -0.167. The van der Waals surface area contributed by atoms with Crippen LogP contribution in [0.1, 0.15) is 16.3 Å². The van der Waals surface area contributed by atoms with Gasteiger partial charge < -0.3 is 20.4 Å². The summed E-state index contributed by atoms with van der Waals surface area (Å²) < 4.78 is 38.3. The number of nitrogens with zero attached hydrogens (tertiary/aromatic N) is 4. The van der Waals surface area contributed by atoms with E-state index in [-0.39, 0.29) is 34.6 Å². The van der Waals surface area contributed by atoms with E-state index in [1.165, 1.54) is 46.3 Å². The van der Waals surface area contributed by atoms with Gasteiger partial charge >= 0.3 is 24.0 Å². The van der Waals surface area contributed by atoms with Gasteiger partial charge in [-0.25, -0.2) is 14.8 Å². The molecule has 2 atom stereocenters. The number of aliphatic carboxylic acids is 2. The number of carboxylic acid groups (broad SMARTS) is 2. The van der Waals surface area contributed by atoms with Crippen molar-refractivity contribution in [3.05, 3.63) is 44.5 Å². The summed E-state index contributed by atoms with van der Waals surface area (Å²) in [4.78, 5) is 75.7. The third kappa shape index (κ3) is 7.82. The molecule has 46 heavy (non-hydrogen) atoms. The molecule has 0 bridgehead atoms. The Morgan fingerprint density at radius 1 is 1.26 bits per heavy atom. The van der Waals surface area contributed by atoms with Crippen LogP contribution in [0.3, 0.4) is 0 Å². The number of rotatable bonds is 13. The Hall–Kier alpha value is -3.66. The van der Waals surface area contributed by atoms with Crippen LogP contribution < -0.4 is 10.6 Å². The molecule has 3 amide bonds. The molecule has 0 spiro atoms. The van der Waals surface area contributed by atoms with E-state index in [1.54, 1.807) is 6.92 Å². The first-order valence-corrected chi connectivity index (χ1v) is 16.5. The maximum atomic E-state index is 13.3. The second kappa shape index (κ2) is 14.4. The topological polar surface area (TPSA) is 200 Å². The summed E-state index contributed by atoms with van der Waals surface area (Å²) in [6.07, 6.45) is -4.14. The van der Waals surface area contributed by atoms with Crippen molar-refractivity contribution in [2.75, 3.05) is 23.4 Å². The highest BCUT2D eigenvalue weighted by molar-refractivity contribution is 8.01. The number of β-lactam (4-membered cyclic amide) rings is 1. The number of fused-ring (bicyclic) bond motifs is 1. The summed E-state index contributed by atoms with van der Waals surface area (Å²) >= 11 is 10.1. The Balaban J connectivity index is 1.50. The molecular weight excluding hydrogens is 721 g/mol. The van der Waals surface area contributed by atoms with Gasteiger partial charge in [-0.15, -0.1) is 23.1 Å². The number of amides is 3. The van der Waals surface area contributed by atoms with Crippen molar-refractivity contribution >= 4 is 98.3 Å². The highest BCUT2D eigenvalue weighted by Gasteiger charge is 2.54. The van der Waals surface area contributed by atoms with Crippen molar-refractivity contribution in [1.82, 2.24) is 20.2 Å². The largest absolute Gasteiger partial charge is 0.481 e. The number of alkyl halides is 3. The van der Waals surface area contributed by atoms with Gasteiger partial charge in [-0.05, 0) is 12.5 Å². The predicted molar refractivity (Wildman–Crippen MR) is 163 cm³/mol. The molecule has 246 valence electrons. The number of carbonyl (C=O) groups is 5. The summed E-state index contributed by atoms with van der Waals surface area (Å²) in [5.74, 6) is -6.21. The molecule has 2 aromatic rings. The minimum absolute atomic E-state index is 0.147. The molecular formula is C24H20ClF3N6O8S4. The fourth-order valence-corrected chi connectivity index (χ4v) is 8.68. The average Bonchev–Trinajstić information content (AvgIpc) is 3.51. The van der Waals surface area contributed by atoms with Crippen molar-refractivity contribution in [3.8, 4) is 0 Å². The first kappa shape index (κ1) is 35.2. The maximum absolute atomic E-state index is 13.3. The summed E-state index contributed by atoms with van der Waals surface area (Å²) in [5.41, 5.74) is -0.375. The average molecular weight is 741 g/mol. The van der Waals surface area contributed by atoms with Gasteiger partial charge in [0.15, 0.2) is 15.2 Å². The molecule has 0 saturated carbocycles. The van der Waals surface area contributed by atoms with Gasteiger partial charge in [0.2, 0.25) is 0 Å². The molecule has 0 aromatic carbocycles. The lowest BCUT2D eigenvalue weighted by Crippen LogP contribution is -2.71. The molecule has 2 aliphatic rings. The number of anilines is 1. The van der Waals surface area contributed by atoms with Gasteiger partial charge in [0.25, 0.3) is 11.8 Å². The molecule has 0 aliphatic carbocycles. The van der Waals surface area contributed by atoms with E-state index in [0.717, 1.165) is 4.90 Å². The van der Waals surface area contributed by atoms with Gasteiger partial charge in [-0.2, -0.15) is 13.2 Å². The summed E-state index contributed by atoms with van der Waals surface area (Å²) in [5, 5.41) is 25.2. The Morgan fingerprint density at radius 2 is 1.98 bits per heavy atom. The second-order valence-corrected chi connectivity index (χ2v) is 14.1. The number of carboxylic acids is 2. The van der Waals surface area contributed by atoms with Crippen LogP contribution in [-0.4, -0.2) is 96.2 Å². The van der Waals surface area contributed by atoms with E-state index in [2.05, 4.69) is 27.0 Å². The van der Waals surface area contributed by atoms with Crippen LogP contribution in [0.25, 0.3) is 0 Å². The van der Waals surface area contributed by atoms with Crippen molar-refractivity contribution < 1.29 is 52.2 Å². The normalized spacial score (nSPS) is 18.1. The smallest absolute Gasteiger partial charge is 0.471 e. The van der Waals surface area contributed by atoms with E-state index in [4.69, 9.17) is 21.5 Å². The first-order chi connectivity index (χ1) is 21.6.